The monoisotopic (exact) mass is 193 g/mol. The largest absolute Gasteiger partial charge is 0.385 e. The van der Waals surface area contributed by atoms with Crippen LogP contribution in [-0.4, -0.2) is 6.54 Å². The molecule has 0 amide bonds. The van der Waals surface area contributed by atoms with Crippen molar-refractivity contribution in [2.75, 3.05) is 11.9 Å². The van der Waals surface area contributed by atoms with Gasteiger partial charge in [-0.15, -0.1) is 0 Å². The summed E-state index contributed by atoms with van der Waals surface area (Å²) < 4.78 is 0. The molecule has 1 aliphatic heterocycles. The fourth-order valence-electron chi connectivity index (χ4n) is 1.90. The highest BCUT2D eigenvalue weighted by atomic mass is 32.1. The van der Waals surface area contributed by atoms with Gasteiger partial charge in [0.15, 0.2) is 0 Å². The van der Waals surface area contributed by atoms with Gasteiger partial charge in [-0.2, -0.15) is 12.6 Å². The number of hydrogen-bond donors (Lipinski definition) is 2. The van der Waals surface area contributed by atoms with Gasteiger partial charge in [-0.05, 0) is 24.0 Å². The second-order valence-electron chi connectivity index (χ2n) is 3.47. The SMILES string of the molecule is CCc1cccc2c1NCCC2S. The molecule has 2 heteroatoms. The maximum Gasteiger partial charge on any atom is 0.0416 e. The lowest BCUT2D eigenvalue weighted by atomic mass is 9.98. The van der Waals surface area contributed by atoms with E-state index in [1.54, 1.807) is 0 Å². The molecule has 1 aromatic carbocycles. The molecule has 0 saturated carbocycles. The fourth-order valence-corrected chi connectivity index (χ4v) is 2.24. The lowest BCUT2D eigenvalue weighted by Gasteiger charge is -2.25. The first kappa shape index (κ1) is 8.95. The first-order chi connectivity index (χ1) is 6.33. The van der Waals surface area contributed by atoms with Crippen molar-refractivity contribution in [1.29, 1.82) is 0 Å². The van der Waals surface area contributed by atoms with Crippen LogP contribution < -0.4 is 5.32 Å². The van der Waals surface area contributed by atoms with Gasteiger partial charge in [0, 0.05) is 17.5 Å². The summed E-state index contributed by atoms with van der Waals surface area (Å²) in [6.45, 7) is 3.25. The van der Waals surface area contributed by atoms with Gasteiger partial charge in [-0.25, -0.2) is 0 Å². The van der Waals surface area contributed by atoms with Crippen molar-refractivity contribution in [3.63, 3.8) is 0 Å². The molecular formula is C11H15NS. The van der Waals surface area contributed by atoms with E-state index < -0.39 is 0 Å². The van der Waals surface area contributed by atoms with E-state index in [2.05, 4.69) is 43.1 Å². The molecule has 70 valence electrons. The van der Waals surface area contributed by atoms with Crippen LogP contribution in [0.25, 0.3) is 0 Å². The van der Waals surface area contributed by atoms with Crippen LogP contribution in [0.2, 0.25) is 0 Å². The highest BCUT2D eigenvalue weighted by Gasteiger charge is 2.17. The Hall–Kier alpha value is -0.630. The molecule has 1 atom stereocenters. The van der Waals surface area contributed by atoms with Crippen LogP contribution in [0.5, 0.6) is 0 Å². The summed E-state index contributed by atoms with van der Waals surface area (Å²) in [5, 5.41) is 3.88. The standard InChI is InChI=1S/C11H15NS/c1-2-8-4-3-5-9-10(13)6-7-12-11(8)9/h3-5,10,12-13H,2,6-7H2,1H3. The molecule has 1 aliphatic rings. The van der Waals surface area contributed by atoms with Gasteiger partial charge in [0.25, 0.3) is 0 Å². The van der Waals surface area contributed by atoms with Crippen molar-refractivity contribution in [2.45, 2.75) is 25.0 Å². The van der Waals surface area contributed by atoms with E-state index in [0.717, 1.165) is 19.4 Å². The van der Waals surface area contributed by atoms with Gasteiger partial charge in [-0.1, -0.05) is 25.1 Å². The average molecular weight is 193 g/mol. The molecule has 1 nitrogen and oxygen atoms in total. The topological polar surface area (TPSA) is 12.0 Å². The Morgan fingerprint density at radius 2 is 2.38 bits per heavy atom. The van der Waals surface area contributed by atoms with Crippen molar-refractivity contribution in [3.05, 3.63) is 29.3 Å². The van der Waals surface area contributed by atoms with Crippen LogP contribution in [0.1, 0.15) is 29.7 Å². The lowest BCUT2D eigenvalue weighted by molar-refractivity contribution is 0.810. The molecule has 1 N–H and O–H groups in total. The minimum atomic E-state index is 0.419. The second kappa shape index (κ2) is 3.62. The molecule has 1 unspecified atom stereocenters. The zero-order valence-electron chi connectivity index (χ0n) is 7.88. The Bertz CT molecular complexity index is 309. The van der Waals surface area contributed by atoms with Crippen molar-refractivity contribution >= 4 is 18.3 Å². The lowest BCUT2D eigenvalue weighted by Crippen LogP contribution is -2.15. The zero-order chi connectivity index (χ0) is 9.26. The van der Waals surface area contributed by atoms with Crippen molar-refractivity contribution in [1.82, 2.24) is 0 Å². The van der Waals surface area contributed by atoms with Crippen molar-refractivity contribution in [2.24, 2.45) is 0 Å². The average Bonchev–Trinajstić information content (AvgIpc) is 2.18. The van der Waals surface area contributed by atoms with E-state index in [0.29, 0.717) is 5.25 Å². The molecule has 0 saturated heterocycles. The van der Waals surface area contributed by atoms with Crippen LogP contribution in [0.4, 0.5) is 5.69 Å². The van der Waals surface area contributed by atoms with E-state index in [1.165, 1.54) is 16.8 Å². The predicted octanol–water partition coefficient (Wildman–Crippen LogP) is 3.04. The number of para-hydroxylation sites is 1. The van der Waals surface area contributed by atoms with Gasteiger partial charge in [0.2, 0.25) is 0 Å². The molecule has 0 radical (unpaired) electrons. The van der Waals surface area contributed by atoms with Gasteiger partial charge in [0.05, 0.1) is 0 Å². The minimum absolute atomic E-state index is 0.419. The highest BCUT2D eigenvalue weighted by molar-refractivity contribution is 7.80. The Balaban J connectivity index is 2.48. The Kier molecular flexibility index (Phi) is 2.49. The first-order valence-electron chi connectivity index (χ1n) is 4.86. The van der Waals surface area contributed by atoms with Crippen molar-refractivity contribution < 1.29 is 0 Å². The summed E-state index contributed by atoms with van der Waals surface area (Å²) >= 11 is 4.59. The molecule has 0 fully saturated rings. The van der Waals surface area contributed by atoms with Crippen LogP contribution >= 0.6 is 12.6 Å². The van der Waals surface area contributed by atoms with E-state index in [4.69, 9.17) is 0 Å². The molecule has 0 aliphatic carbocycles. The molecule has 1 aromatic rings. The highest BCUT2D eigenvalue weighted by Crippen LogP contribution is 2.36. The van der Waals surface area contributed by atoms with E-state index in [9.17, 15) is 0 Å². The molecule has 0 aromatic heterocycles. The smallest absolute Gasteiger partial charge is 0.0416 e. The fraction of sp³-hybridized carbons (Fsp3) is 0.455. The number of aryl methyl sites for hydroxylation is 1. The van der Waals surface area contributed by atoms with E-state index in [1.807, 2.05) is 0 Å². The Morgan fingerprint density at radius 3 is 3.15 bits per heavy atom. The van der Waals surface area contributed by atoms with Gasteiger partial charge >= 0.3 is 0 Å². The third kappa shape index (κ3) is 1.55. The summed E-state index contributed by atoms with van der Waals surface area (Å²) in [6.07, 6.45) is 2.22. The van der Waals surface area contributed by atoms with Crippen LogP contribution in [0.3, 0.4) is 0 Å². The molecule has 13 heavy (non-hydrogen) atoms. The number of fused-ring (bicyclic) bond motifs is 1. The summed E-state index contributed by atoms with van der Waals surface area (Å²) in [5.74, 6) is 0. The zero-order valence-corrected chi connectivity index (χ0v) is 8.77. The van der Waals surface area contributed by atoms with Gasteiger partial charge in [-0.3, -0.25) is 0 Å². The summed E-state index contributed by atoms with van der Waals surface area (Å²) in [6, 6.07) is 6.50. The Labute approximate surface area is 85.0 Å². The third-order valence-electron chi connectivity index (χ3n) is 2.64. The number of thiol groups is 1. The van der Waals surface area contributed by atoms with Crippen LogP contribution in [0, 0.1) is 0 Å². The second-order valence-corrected chi connectivity index (χ2v) is 4.09. The quantitative estimate of drug-likeness (QED) is 0.653. The summed E-state index contributed by atoms with van der Waals surface area (Å²) in [5.41, 5.74) is 4.11. The summed E-state index contributed by atoms with van der Waals surface area (Å²) in [4.78, 5) is 0. The minimum Gasteiger partial charge on any atom is -0.385 e. The van der Waals surface area contributed by atoms with Crippen molar-refractivity contribution in [3.8, 4) is 0 Å². The number of benzene rings is 1. The maximum absolute atomic E-state index is 4.59. The molecule has 1 heterocycles. The molecule has 2 rings (SSSR count). The predicted molar refractivity (Wildman–Crippen MR) is 60.7 cm³/mol. The number of anilines is 1. The number of rotatable bonds is 1. The first-order valence-corrected chi connectivity index (χ1v) is 5.38. The summed E-state index contributed by atoms with van der Waals surface area (Å²) in [7, 11) is 0. The van der Waals surface area contributed by atoms with Gasteiger partial charge in [0.1, 0.15) is 0 Å². The van der Waals surface area contributed by atoms with Crippen LogP contribution in [-0.2, 0) is 6.42 Å². The third-order valence-corrected chi connectivity index (χ3v) is 3.18. The van der Waals surface area contributed by atoms with E-state index in [-0.39, 0.29) is 0 Å². The molecule has 0 spiro atoms. The maximum atomic E-state index is 4.59. The van der Waals surface area contributed by atoms with E-state index >= 15 is 0 Å². The molecule has 0 bridgehead atoms. The number of hydrogen-bond acceptors (Lipinski definition) is 2. The number of nitrogens with one attached hydrogen (secondary N) is 1. The normalized spacial score (nSPS) is 20.6. The Morgan fingerprint density at radius 1 is 1.54 bits per heavy atom. The van der Waals surface area contributed by atoms with Crippen LogP contribution in [0.15, 0.2) is 18.2 Å². The molecular weight excluding hydrogens is 178 g/mol. The van der Waals surface area contributed by atoms with Gasteiger partial charge < -0.3 is 5.32 Å².